The molecule has 0 spiro atoms. The van der Waals surface area contributed by atoms with Crippen molar-refractivity contribution in [3.8, 4) is 0 Å². The summed E-state index contributed by atoms with van der Waals surface area (Å²) in [5, 5.41) is 5.00. The SMILES string of the molecule is CC(=O)c1nn([C@@H]2O[C@H](CO[Si](C)(C)C(C)(C)C)[C@H]3OC(C)(C)O[C@H]32)c2ncnc(N)c12. The summed E-state index contributed by atoms with van der Waals surface area (Å²) in [6.45, 7) is 16.5. The smallest absolute Gasteiger partial charge is 0.192 e. The second-order valence-corrected chi connectivity index (χ2v) is 15.3. The summed E-state index contributed by atoms with van der Waals surface area (Å²) in [5.74, 6) is -0.818. The van der Waals surface area contributed by atoms with Gasteiger partial charge >= 0.3 is 0 Å². The first-order valence-corrected chi connectivity index (χ1v) is 13.8. The standard InChI is InChI=1S/C21H33N5O5Si/c1-11(27)14-13-17(22)23-10-24-18(13)26(25-14)19-16-15(30-21(5,6)31-16)12(29-19)9-28-32(7,8)20(2,3)4/h10,12,15-16,19H,9H2,1-8H3,(H2,22,23,24)/t12-,15-,16-,19-/m1/s1. The molecule has 0 saturated carbocycles. The van der Waals surface area contributed by atoms with Crippen molar-refractivity contribution in [1.82, 2.24) is 19.7 Å². The molecule has 2 N–H and O–H groups in total. The highest BCUT2D eigenvalue weighted by Crippen LogP contribution is 2.45. The van der Waals surface area contributed by atoms with E-state index in [9.17, 15) is 4.79 Å². The zero-order valence-electron chi connectivity index (χ0n) is 20.0. The molecule has 11 heteroatoms. The summed E-state index contributed by atoms with van der Waals surface area (Å²) in [5.41, 5.74) is 6.68. The van der Waals surface area contributed by atoms with E-state index in [0.29, 0.717) is 17.6 Å². The van der Waals surface area contributed by atoms with Crippen molar-refractivity contribution < 1.29 is 23.4 Å². The lowest BCUT2D eigenvalue weighted by Crippen LogP contribution is -2.44. The van der Waals surface area contributed by atoms with Crippen LogP contribution in [0.2, 0.25) is 18.1 Å². The van der Waals surface area contributed by atoms with Crippen molar-refractivity contribution in [1.29, 1.82) is 0 Å². The minimum Gasteiger partial charge on any atom is -0.414 e. The fourth-order valence-corrected chi connectivity index (χ4v) is 4.93. The third-order valence-electron chi connectivity index (χ3n) is 6.63. The van der Waals surface area contributed by atoms with Crippen LogP contribution in [-0.2, 0) is 18.6 Å². The average Bonchev–Trinajstić information content (AvgIpc) is 3.28. The van der Waals surface area contributed by atoms with Crippen molar-refractivity contribution >= 4 is 31.0 Å². The second-order valence-electron chi connectivity index (χ2n) is 10.5. The molecule has 2 saturated heterocycles. The Morgan fingerprint density at radius 1 is 1.25 bits per heavy atom. The van der Waals surface area contributed by atoms with Gasteiger partial charge in [-0.2, -0.15) is 5.10 Å². The van der Waals surface area contributed by atoms with Crippen molar-refractivity contribution in [3.63, 3.8) is 0 Å². The van der Waals surface area contributed by atoms with Crippen molar-refractivity contribution in [2.75, 3.05) is 12.3 Å². The van der Waals surface area contributed by atoms with Crippen molar-refractivity contribution in [2.45, 2.75) is 90.0 Å². The van der Waals surface area contributed by atoms with Crippen molar-refractivity contribution in [3.05, 3.63) is 12.0 Å². The van der Waals surface area contributed by atoms with Crippen LogP contribution in [0.25, 0.3) is 11.0 Å². The fourth-order valence-electron chi connectivity index (χ4n) is 3.92. The molecule has 2 aliphatic rings. The van der Waals surface area contributed by atoms with E-state index < -0.39 is 26.4 Å². The Morgan fingerprint density at radius 2 is 1.91 bits per heavy atom. The quantitative estimate of drug-likeness (QED) is 0.526. The third kappa shape index (κ3) is 3.85. The van der Waals surface area contributed by atoms with Gasteiger partial charge in [-0.25, -0.2) is 14.6 Å². The number of anilines is 1. The van der Waals surface area contributed by atoms with Crippen LogP contribution in [-0.4, -0.2) is 64.6 Å². The molecule has 2 aromatic heterocycles. The number of ketones is 1. The molecule has 10 nitrogen and oxygen atoms in total. The van der Waals surface area contributed by atoms with E-state index in [0.717, 1.165) is 0 Å². The van der Waals surface area contributed by atoms with Gasteiger partial charge in [0.05, 0.1) is 12.0 Å². The Labute approximate surface area is 188 Å². The molecule has 32 heavy (non-hydrogen) atoms. The van der Waals surface area contributed by atoms with Gasteiger partial charge in [-0.05, 0) is 32.0 Å². The number of nitrogen functional groups attached to an aromatic ring is 1. The van der Waals surface area contributed by atoms with Gasteiger partial charge in [0.15, 0.2) is 31.8 Å². The summed E-state index contributed by atoms with van der Waals surface area (Å²) in [6, 6.07) is 0. The number of aromatic nitrogens is 4. The number of hydrogen-bond donors (Lipinski definition) is 1. The van der Waals surface area contributed by atoms with Gasteiger partial charge in [0.2, 0.25) is 0 Å². The zero-order chi connectivity index (χ0) is 23.6. The Balaban J connectivity index is 1.70. The molecular weight excluding hydrogens is 430 g/mol. The maximum absolute atomic E-state index is 12.2. The highest BCUT2D eigenvalue weighted by Gasteiger charge is 2.57. The second kappa shape index (κ2) is 7.56. The number of Topliss-reactive ketones (excluding diaryl/α,β-unsaturated/α-hetero) is 1. The van der Waals surface area contributed by atoms with Gasteiger partial charge in [0.25, 0.3) is 0 Å². The molecule has 0 amide bonds. The number of nitrogens with zero attached hydrogens (tertiary/aromatic N) is 4. The third-order valence-corrected chi connectivity index (χ3v) is 11.1. The largest absolute Gasteiger partial charge is 0.414 e. The maximum atomic E-state index is 12.2. The van der Waals surface area contributed by atoms with Crippen molar-refractivity contribution in [2.24, 2.45) is 0 Å². The van der Waals surface area contributed by atoms with Crippen LogP contribution in [0, 0.1) is 0 Å². The lowest BCUT2D eigenvalue weighted by Gasteiger charge is -2.37. The van der Waals surface area contributed by atoms with Crippen LogP contribution < -0.4 is 5.73 Å². The molecule has 2 aromatic rings. The molecular formula is C21H33N5O5Si. The highest BCUT2D eigenvalue weighted by atomic mass is 28.4. The van der Waals surface area contributed by atoms with Crippen LogP contribution in [0.15, 0.2) is 6.33 Å². The molecule has 2 aliphatic heterocycles. The number of carbonyl (C=O) groups excluding carboxylic acids is 1. The Hall–Kier alpha value is -1.92. The van der Waals surface area contributed by atoms with Crippen LogP contribution in [0.1, 0.15) is 58.3 Å². The fraction of sp³-hybridized carbons (Fsp3) is 0.714. The van der Waals surface area contributed by atoms with E-state index >= 15 is 0 Å². The van der Waals surface area contributed by atoms with Crippen LogP contribution in [0.5, 0.6) is 0 Å². The highest BCUT2D eigenvalue weighted by molar-refractivity contribution is 6.74. The first-order chi connectivity index (χ1) is 14.7. The van der Waals surface area contributed by atoms with Gasteiger partial charge in [-0.1, -0.05) is 20.8 Å². The van der Waals surface area contributed by atoms with Gasteiger partial charge in [0, 0.05) is 6.92 Å². The molecule has 176 valence electrons. The topological polar surface area (TPSA) is 124 Å². The summed E-state index contributed by atoms with van der Waals surface area (Å²) >= 11 is 0. The lowest BCUT2D eigenvalue weighted by atomic mass is 10.1. The normalized spacial score (nSPS) is 27.8. The molecule has 4 rings (SSSR count). The van der Waals surface area contributed by atoms with E-state index in [4.69, 9.17) is 24.4 Å². The maximum Gasteiger partial charge on any atom is 0.192 e. The van der Waals surface area contributed by atoms with Gasteiger partial charge < -0.3 is 24.4 Å². The monoisotopic (exact) mass is 463 g/mol. The summed E-state index contributed by atoms with van der Waals surface area (Å²) in [4.78, 5) is 20.6. The zero-order valence-corrected chi connectivity index (χ0v) is 21.0. The molecule has 0 aliphatic carbocycles. The number of nitrogens with two attached hydrogens (primary N) is 1. The molecule has 0 radical (unpaired) electrons. The van der Waals surface area contributed by atoms with E-state index in [1.807, 2.05) is 13.8 Å². The number of carbonyl (C=O) groups is 1. The number of ether oxygens (including phenoxy) is 3. The first kappa shape index (κ1) is 23.2. The minimum atomic E-state index is -2.00. The average molecular weight is 464 g/mol. The molecule has 0 bridgehead atoms. The lowest BCUT2D eigenvalue weighted by molar-refractivity contribution is -0.200. The Morgan fingerprint density at radius 3 is 2.53 bits per heavy atom. The van der Waals surface area contributed by atoms with Crippen LogP contribution >= 0.6 is 0 Å². The number of fused-ring (bicyclic) bond motifs is 2. The summed E-state index contributed by atoms with van der Waals surface area (Å²) < 4.78 is 26.8. The molecule has 0 unspecified atom stereocenters. The Bertz CT molecular complexity index is 1050. The predicted molar refractivity (Wildman–Crippen MR) is 121 cm³/mol. The summed E-state index contributed by atoms with van der Waals surface area (Å²) in [7, 11) is -2.00. The molecule has 4 heterocycles. The van der Waals surface area contributed by atoms with Crippen LogP contribution in [0.3, 0.4) is 0 Å². The number of rotatable bonds is 5. The first-order valence-electron chi connectivity index (χ1n) is 10.9. The van der Waals surface area contributed by atoms with E-state index in [-0.39, 0.29) is 34.5 Å². The number of hydrogen-bond acceptors (Lipinski definition) is 9. The predicted octanol–water partition coefficient (Wildman–Crippen LogP) is 3.05. The minimum absolute atomic E-state index is 0.0692. The molecule has 2 fully saturated rings. The van der Waals surface area contributed by atoms with Gasteiger partial charge in [-0.15, -0.1) is 0 Å². The Kier molecular flexibility index (Phi) is 5.49. The molecule has 4 atom stereocenters. The van der Waals surface area contributed by atoms with Crippen LogP contribution in [0.4, 0.5) is 5.82 Å². The molecule has 0 aromatic carbocycles. The van der Waals surface area contributed by atoms with E-state index in [2.05, 4.69) is 48.9 Å². The summed E-state index contributed by atoms with van der Waals surface area (Å²) in [6.07, 6.45) is -0.462. The van der Waals surface area contributed by atoms with Gasteiger partial charge in [-0.3, -0.25) is 4.79 Å². The van der Waals surface area contributed by atoms with Gasteiger partial charge in [0.1, 0.15) is 36.2 Å². The van der Waals surface area contributed by atoms with E-state index in [1.165, 1.54) is 13.3 Å². The van der Waals surface area contributed by atoms with E-state index in [1.54, 1.807) is 4.68 Å².